The lowest BCUT2D eigenvalue weighted by atomic mass is 9.77. The number of likely N-dealkylation sites (tertiary alicyclic amines) is 2. The summed E-state index contributed by atoms with van der Waals surface area (Å²) in [7, 11) is 1.63. The first kappa shape index (κ1) is 16.9. The minimum Gasteiger partial charge on any atom is -0.383 e. The smallest absolute Gasteiger partial charge is 0.253 e. The molecule has 1 spiro atoms. The van der Waals surface area contributed by atoms with Crippen LogP contribution in [0.1, 0.15) is 29.6 Å². The molecule has 0 aromatic heterocycles. The zero-order chi connectivity index (χ0) is 17.2. The van der Waals surface area contributed by atoms with Crippen LogP contribution in [0.25, 0.3) is 0 Å². The van der Waals surface area contributed by atoms with Gasteiger partial charge in [0.1, 0.15) is 5.82 Å². The van der Waals surface area contributed by atoms with Crippen molar-refractivity contribution in [2.24, 2.45) is 5.41 Å². The van der Waals surface area contributed by atoms with Gasteiger partial charge in [-0.15, -0.1) is 0 Å². The number of methoxy groups -OCH3 is 1. The van der Waals surface area contributed by atoms with Crippen LogP contribution in [0.15, 0.2) is 24.3 Å². The van der Waals surface area contributed by atoms with Crippen molar-refractivity contribution in [3.63, 3.8) is 0 Å². The van der Waals surface area contributed by atoms with Crippen molar-refractivity contribution in [1.29, 1.82) is 0 Å². The largest absolute Gasteiger partial charge is 0.383 e. The van der Waals surface area contributed by atoms with Crippen molar-refractivity contribution < 1.29 is 18.7 Å². The normalized spacial score (nSPS) is 20.0. The van der Waals surface area contributed by atoms with Crippen LogP contribution < -0.4 is 0 Å². The number of piperidine rings is 1. The number of halogens is 1. The van der Waals surface area contributed by atoms with Crippen molar-refractivity contribution in [1.82, 2.24) is 9.80 Å². The molecule has 1 aromatic carbocycles. The first-order chi connectivity index (χ1) is 11.6. The molecule has 6 heteroatoms. The summed E-state index contributed by atoms with van der Waals surface area (Å²) in [6, 6.07) is 5.76. The topological polar surface area (TPSA) is 49.9 Å². The fourth-order valence-electron chi connectivity index (χ4n) is 3.71. The van der Waals surface area contributed by atoms with Gasteiger partial charge in [0.2, 0.25) is 5.91 Å². The minimum absolute atomic E-state index is 0.161. The Bertz CT molecular complexity index is 626. The Morgan fingerprint density at radius 3 is 2.62 bits per heavy atom. The van der Waals surface area contributed by atoms with Gasteiger partial charge in [-0.05, 0) is 37.5 Å². The van der Waals surface area contributed by atoms with Gasteiger partial charge in [-0.25, -0.2) is 4.39 Å². The Morgan fingerprint density at radius 2 is 1.96 bits per heavy atom. The number of benzene rings is 1. The Labute approximate surface area is 141 Å². The summed E-state index contributed by atoms with van der Waals surface area (Å²) in [5.74, 6) is -0.377. The monoisotopic (exact) mass is 334 g/mol. The van der Waals surface area contributed by atoms with E-state index in [2.05, 4.69) is 0 Å². The van der Waals surface area contributed by atoms with E-state index in [0.29, 0.717) is 44.6 Å². The summed E-state index contributed by atoms with van der Waals surface area (Å²) in [5.41, 5.74) is 0.0392. The van der Waals surface area contributed by atoms with E-state index in [0.717, 1.165) is 13.0 Å². The van der Waals surface area contributed by atoms with Gasteiger partial charge in [-0.1, -0.05) is 6.07 Å². The van der Waals surface area contributed by atoms with E-state index in [1.54, 1.807) is 24.1 Å². The maximum absolute atomic E-state index is 13.3. The van der Waals surface area contributed by atoms with Gasteiger partial charge in [-0.2, -0.15) is 0 Å². The molecule has 2 aliphatic heterocycles. The molecule has 2 aliphatic rings. The van der Waals surface area contributed by atoms with E-state index in [4.69, 9.17) is 4.74 Å². The average molecular weight is 334 g/mol. The second kappa shape index (κ2) is 6.89. The highest BCUT2D eigenvalue weighted by molar-refractivity contribution is 5.94. The molecule has 1 aromatic rings. The Balaban J connectivity index is 1.62. The molecule has 2 fully saturated rings. The number of carbonyl (C=O) groups is 2. The summed E-state index contributed by atoms with van der Waals surface area (Å²) in [5, 5.41) is 0. The van der Waals surface area contributed by atoms with Crippen molar-refractivity contribution >= 4 is 11.8 Å². The van der Waals surface area contributed by atoms with Crippen LogP contribution >= 0.6 is 0 Å². The van der Waals surface area contributed by atoms with Crippen LogP contribution in [0, 0.1) is 11.2 Å². The van der Waals surface area contributed by atoms with Crippen LogP contribution in [-0.4, -0.2) is 61.5 Å². The molecule has 0 radical (unpaired) electrons. The number of amides is 2. The molecule has 0 N–H and O–H groups in total. The summed E-state index contributed by atoms with van der Waals surface area (Å²) >= 11 is 0. The molecule has 0 bridgehead atoms. The van der Waals surface area contributed by atoms with Gasteiger partial charge >= 0.3 is 0 Å². The van der Waals surface area contributed by atoms with Gasteiger partial charge in [-0.3, -0.25) is 9.59 Å². The first-order valence-corrected chi connectivity index (χ1v) is 8.39. The van der Waals surface area contributed by atoms with Crippen molar-refractivity contribution in [3.05, 3.63) is 35.6 Å². The zero-order valence-corrected chi connectivity index (χ0v) is 14.0. The highest BCUT2D eigenvalue weighted by atomic mass is 19.1. The van der Waals surface area contributed by atoms with E-state index >= 15 is 0 Å². The summed E-state index contributed by atoms with van der Waals surface area (Å²) < 4.78 is 18.4. The average Bonchev–Trinajstić information content (AvgIpc) is 2.89. The lowest BCUT2D eigenvalue weighted by Gasteiger charge is -2.38. The number of carbonyl (C=O) groups excluding carboxylic acids is 2. The third-order valence-electron chi connectivity index (χ3n) is 5.25. The third-order valence-corrected chi connectivity index (χ3v) is 5.25. The van der Waals surface area contributed by atoms with Crippen LogP contribution in [0.2, 0.25) is 0 Å². The fraction of sp³-hybridized carbons (Fsp3) is 0.556. The molecule has 2 amide bonds. The highest BCUT2D eigenvalue weighted by Gasteiger charge is 2.48. The zero-order valence-electron chi connectivity index (χ0n) is 14.0. The fourth-order valence-corrected chi connectivity index (χ4v) is 3.71. The predicted molar refractivity (Wildman–Crippen MR) is 87.0 cm³/mol. The molecular formula is C18H23FN2O3. The molecular weight excluding hydrogens is 311 g/mol. The maximum atomic E-state index is 13.3. The van der Waals surface area contributed by atoms with Gasteiger partial charge in [0.05, 0.1) is 12.0 Å². The predicted octanol–water partition coefficient (Wildman–Crippen LogP) is 1.93. The highest BCUT2D eigenvalue weighted by Crippen LogP contribution is 2.41. The molecule has 0 saturated carbocycles. The van der Waals surface area contributed by atoms with E-state index in [-0.39, 0.29) is 17.2 Å². The van der Waals surface area contributed by atoms with Gasteiger partial charge in [0.25, 0.3) is 5.91 Å². The van der Waals surface area contributed by atoms with Crippen LogP contribution in [0.5, 0.6) is 0 Å². The van der Waals surface area contributed by atoms with Crippen LogP contribution in [0.4, 0.5) is 4.39 Å². The number of nitrogens with zero attached hydrogens (tertiary/aromatic N) is 2. The molecule has 5 nitrogen and oxygen atoms in total. The number of hydrogen-bond acceptors (Lipinski definition) is 3. The van der Waals surface area contributed by atoms with Crippen molar-refractivity contribution in [2.45, 2.75) is 19.3 Å². The lowest BCUT2D eigenvalue weighted by molar-refractivity contribution is -0.138. The molecule has 130 valence electrons. The molecule has 0 atom stereocenters. The second-order valence-electron chi connectivity index (χ2n) is 6.62. The molecule has 2 saturated heterocycles. The maximum Gasteiger partial charge on any atom is 0.253 e. The Hall–Kier alpha value is -1.95. The van der Waals surface area contributed by atoms with E-state index in [1.807, 2.05) is 4.90 Å². The number of rotatable bonds is 4. The Morgan fingerprint density at radius 1 is 1.25 bits per heavy atom. The summed E-state index contributed by atoms with van der Waals surface area (Å²) in [6.45, 7) is 3.02. The van der Waals surface area contributed by atoms with E-state index in [9.17, 15) is 14.0 Å². The molecule has 0 aliphatic carbocycles. The first-order valence-electron chi connectivity index (χ1n) is 8.39. The van der Waals surface area contributed by atoms with Crippen LogP contribution in [0.3, 0.4) is 0 Å². The standard InChI is InChI=1S/C18H23FN2O3/c1-24-12-11-21-10-7-18(17(21)23)5-8-20(9-6-18)16(22)14-3-2-4-15(19)13-14/h2-4,13H,5-12H2,1H3. The molecule has 0 unspecified atom stereocenters. The summed E-state index contributed by atoms with van der Waals surface area (Å²) in [4.78, 5) is 28.8. The quantitative estimate of drug-likeness (QED) is 0.845. The minimum atomic E-state index is -0.408. The third kappa shape index (κ3) is 3.15. The SMILES string of the molecule is COCCN1CCC2(CCN(C(=O)c3cccc(F)c3)CC2)C1=O. The van der Waals surface area contributed by atoms with Crippen molar-refractivity contribution in [3.8, 4) is 0 Å². The van der Waals surface area contributed by atoms with E-state index < -0.39 is 5.82 Å². The van der Waals surface area contributed by atoms with Crippen LogP contribution in [-0.2, 0) is 9.53 Å². The second-order valence-corrected chi connectivity index (χ2v) is 6.62. The lowest BCUT2D eigenvalue weighted by Crippen LogP contribution is -2.47. The molecule has 2 heterocycles. The van der Waals surface area contributed by atoms with E-state index in [1.165, 1.54) is 12.1 Å². The molecule has 24 heavy (non-hydrogen) atoms. The Kier molecular flexibility index (Phi) is 4.85. The van der Waals surface area contributed by atoms with Gasteiger partial charge < -0.3 is 14.5 Å². The summed E-state index contributed by atoms with van der Waals surface area (Å²) in [6.07, 6.45) is 2.20. The molecule has 3 rings (SSSR count). The number of ether oxygens (including phenoxy) is 1. The van der Waals surface area contributed by atoms with Crippen molar-refractivity contribution in [2.75, 3.05) is 39.9 Å². The van der Waals surface area contributed by atoms with Gasteiger partial charge in [0.15, 0.2) is 0 Å². The number of hydrogen-bond donors (Lipinski definition) is 0. The van der Waals surface area contributed by atoms with Gasteiger partial charge in [0, 0.05) is 38.9 Å².